The molecule has 17 heavy (non-hydrogen) atoms. The molecule has 0 atom stereocenters. The summed E-state index contributed by atoms with van der Waals surface area (Å²) >= 11 is 0. The molecule has 2 aromatic rings. The van der Waals surface area contributed by atoms with E-state index in [4.69, 9.17) is 4.52 Å². The quantitative estimate of drug-likeness (QED) is 0.844. The maximum Gasteiger partial charge on any atom is 0.319 e. The van der Waals surface area contributed by atoms with Crippen molar-refractivity contribution < 1.29 is 9.32 Å². The van der Waals surface area contributed by atoms with Crippen LogP contribution in [0.2, 0.25) is 0 Å². The Morgan fingerprint density at radius 3 is 2.76 bits per heavy atom. The van der Waals surface area contributed by atoms with E-state index in [-0.39, 0.29) is 12.6 Å². The summed E-state index contributed by atoms with van der Waals surface area (Å²) in [5.74, 6) is 0.927. The van der Waals surface area contributed by atoms with Crippen LogP contribution in [0.1, 0.15) is 11.7 Å². The van der Waals surface area contributed by atoms with Crippen LogP contribution in [0.15, 0.2) is 34.9 Å². The number of hydrogen-bond donors (Lipinski definition) is 2. The summed E-state index contributed by atoms with van der Waals surface area (Å²) in [4.78, 5) is 15.4. The van der Waals surface area contributed by atoms with E-state index in [1.54, 1.807) is 19.1 Å². The van der Waals surface area contributed by atoms with E-state index in [1.807, 2.05) is 18.2 Å². The molecule has 0 aliphatic rings. The molecule has 0 bridgehead atoms. The number of urea groups is 1. The summed E-state index contributed by atoms with van der Waals surface area (Å²) in [7, 11) is 0. The lowest BCUT2D eigenvalue weighted by Gasteiger charge is -2.04. The van der Waals surface area contributed by atoms with Gasteiger partial charge in [0.15, 0.2) is 5.82 Å². The number of aromatic nitrogens is 2. The molecule has 6 heteroatoms. The molecule has 6 nitrogen and oxygen atoms in total. The lowest BCUT2D eigenvalue weighted by atomic mass is 10.3. The van der Waals surface area contributed by atoms with Gasteiger partial charge in [0.2, 0.25) is 5.89 Å². The van der Waals surface area contributed by atoms with Crippen LogP contribution in [0.3, 0.4) is 0 Å². The minimum Gasteiger partial charge on any atom is -0.337 e. The van der Waals surface area contributed by atoms with E-state index in [9.17, 15) is 4.79 Å². The molecular formula is C11H12N4O2. The van der Waals surface area contributed by atoms with Gasteiger partial charge in [-0.25, -0.2) is 4.79 Å². The molecule has 1 heterocycles. The Labute approximate surface area is 98.0 Å². The van der Waals surface area contributed by atoms with Gasteiger partial charge in [-0.1, -0.05) is 23.4 Å². The summed E-state index contributed by atoms with van der Waals surface area (Å²) in [6.45, 7) is 1.93. The van der Waals surface area contributed by atoms with Gasteiger partial charge in [0.1, 0.15) is 0 Å². The third-order valence-corrected chi connectivity index (χ3v) is 2.00. The minimum absolute atomic E-state index is 0.208. The van der Waals surface area contributed by atoms with Crippen LogP contribution in [-0.2, 0) is 6.54 Å². The summed E-state index contributed by atoms with van der Waals surface area (Å²) in [6, 6.07) is 8.86. The molecular weight excluding hydrogens is 220 g/mol. The predicted molar refractivity (Wildman–Crippen MR) is 61.3 cm³/mol. The molecule has 0 aliphatic carbocycles. The summed E-state index contributed by atoms with van der Waals surface area (Å²) in [6.07, 6.45) is 0. The largest absolute Gasteiger partial charge is 0.337 e. The number of carbonyl (C=O) groups is 1. The number of amides is 2. The van der Waals surface area contributed by atoms with Gasteiger partial charge in [-0.15, -0.1) is 0 Å². The summed E-state index contributed by atoms with van der Waals surface area (Å²) in [5.41, 5.74) is 0.728. The number of nitrogens with one attached hydrogen (secondary N) is 2. The second kappa shape index (κ2) is 5.11. The Balaban J connectivity index is 1.82. The van der Waals surface area contributed by atoms with Gasteiger partial charge >= 0.3 is 6.03 Å². The third kappa shape index (κ3) is 3.30. The fourth-order valence-corrected chi connectivity index (χ4v) is 1.26. The van der Waals surface area contributed by atoms with Gasteiger partial charge in [-0.05, 0) is 19.1 Å². The van der Waals surface area contributed by atoms with Crippen LogP contribution in [0.25, 0.3) is 0 Å². The SMILES string of the molecule is Cc1noc(CNC(=O)Nc2ccccc2)n1. The highest BCUT2D eigenvalue weighted by molar-refractivity contribution is 5.88. The molecule has 1 aromatic carbocycles. The van der Waals surface area contributed by atoms with Crippen molar-refractivity contribution in [2.24, 2.45) is 0 Å². The Morgan fingerprint density at radius 2 is 2.12 bits per heavy atom. The van der Waals surface area contributed by atoms with Crippen molar-refractivity contribution in [2.75, 3.05) is 5.32 Å². The second-order valence-corrected chi connectivity index (χ2v) is 3.41. The molecule has 2 amide bonds. The van der Waals surface area contributed by atoms with Crippen LogP contribution >= 0.6 is 0 Å². The number of aryl methyl sites for hydroxylation is 1. The highest BCUT2D eigenvalue weighted by Crippen LogP contribution is 2.04. The third-order valence-electron chi connectivity index (χ3n) is 2.00. The lowest BCUT2D eigenvalue weighted by Crippen LogP contribution is -2.28. The molecule has 0 saturated carbocycles. The maximum absolute atomic E-state index is 11.5. The van der Waals surface area contributed by atoms with E-state index in [0.29, 0.717) is 11.7 Å². The molecule has 0 saturated heterocycles. The number of anilines is 1. The van der Waals surface area contributed by atoms with Crippen LogP contribution in [0.4, 0.5) is 10.5 Å². The first-order valence-electron chi connectivity index (χ1n) is 5.13. The van der Waals surface area contributed by atoms with Crippen LogP contribution < -0.4 is 10.6 Å². The molecule has 2 N–H and O–H groups in total. The van der Waals surface area contributed by atoms with E-state index >= 15 is 0 Å². The number of para-hydroxylation sites is 1. The highest BCUT2D eigenvalue weighted by atomic mass is 16.5. The molecule has 0 unspecified atom stereocenters. The van der Waals surface area contributed by atoms with Crippen molar-refractivity contribution in [3.05, 3.63) is 42.0 Å². The van der Waals surface area contributed by atoms with Crippen molar-refractivity contribution in [3.8, 4) is 0 Å². The molecule has 0 radical (unpaired) electrons. The van der Waals surface area contributed by atoms with Gasteiger partial charge in [0.05, 0.1) is 6.54 Å². The van der Waals surface area contributed by atoms with Gasteiger partial charge in [0.25, 0.3) is 0 Å². The van der Waals surface area contributed by atoms with E-state index in [2.05, 4.69) is 20.8 Å². The minimum atomic E-state index is -0.313. The first-order chi connectivity index (χ1) is 8.24. The first-order valence-corrected chi connectivity index (χ1v) is 5.13. The normalized spacial score (nSPS) is 9.94. The van der Waals surface area contributed by atoms with Gasteiger partial charge in [-0.3, -0.25) is 0 Å². The van der Waals surface area contributed by atoms with Crippen LogP contribution in [0, 0.1) is 6.92 Å². The molecule has 0 fully saturated rings. The predicted octanol–water partition coefficient (Wildman–Crippen LogP) is 1.70. The Hall–Kier alpha value is -2.37. The molecule has 0 spiro atoms. The number of rotatable bonds is 3. The highest BCUT2D eigenvalue weighted by Gasteiger charge is 2.05. The van der Waals surface area contributed by atoms with Crippen molar-refractivity contribution in [1.29, 1.82) is 0 Å². The zero-order valence-electron chi connectivity index (χ0n) is 9.30. The standard InChI is InChI=1S/C11H12N4O2/c1-8-13-10(17-15-8)7-12-11(16)14-9-5-3-2-4-6-9/h2-6H,7H2,1H3,(H2,12,14,16). The molecule has 2 rings (SSSR count). The fraction of sp³-hybridized carbons (Fsp3) is 0.182. The average molecular weight is 232 g/mol. The average Bonchev–Trinajstić information content (AvgIpc) is 2.74. The van der Waals surface area contributed by atoms with Crippen LogP contribution in [-0.4, -0.2) is 16.2 Å². The zero-order valence-corrected chi connectivity index (χ0v) is 9.30. The van der Waals surface area contributed by atoms with Crippen molar-refractivity contribution in [2.45, 2.75) is 13.5 Å². The Morgan fingerprint density at radius 1 is 1.35 bits per heavy atom. The zero-order chi connectivity index (χ0) is 12.1. The topological polar surface area (TPSA) is 80.0 Å². The van der Waals surface area contributed by atoms with E-state index in [0.717, 1.165) is 5.69 Å². The number of benzene rings is 1. The fourth-order valence-electron chi connectivity index (χ4n) is 1.26. The van der Waals surface area contributed by atoms with Gasteiger partial charge in [-0.2, -0.15) is 4.98 Å². The monoisotopic (exact) mass is 232 g/mol. The van der Waals surface area contributed by atoms with E-state index in [1.165, 1.54) is 0 Å². The van der Waals surface area contributed by atoms with E-state index < -0.39 is 0 Å². The molecule has 1 aromatic heterocycles. The molecule has 0 aliphatic heterocycles. The van der Waals surface area contributed by atoms with Crippen molar-refractivity contribution in [1.82, 2.24) is 15.5 Å². The number of hydrogen-bond acceptors (Lipinski definition) is 4. The van der Waals surface area contributed by atoms with Crippen LogP contribution in [0.5, 0.6) is 0 Å². The van der Waals surface area contributed by atoms with Gasteiger partial charge in [0, 0.05) is 5.69 Å². The lowest BCUT2D eigenvalue weighted by molar-refractivity contribution is 0.249. The second-order valence-electron chi connectivity index (χ2n) is 3.41. The number of nitrogens with zero attached hydrogens (tertiary/aromatic N) is 2. The smallest absolute Gasteiger partial charge is 0.319 e. The van der Waals surface area contributed by atoms with Crippen molar-refractivity contribution in [3.63, 3.8) is 0 Å². The van der Waals surface area contributed by atoms with Crippen molar-refractivity contribution >= 4 is 11.7 Å². The number of carbonyl (C=O) groups excluding carboxylic acids is 1. The summed E-state index contributed by atoms with van der Waals surface area (Å²) in [5, 5.41) is 8.91. The summed E-state index contributed by atoms with van der Waals surface area (Å²) < 4.78 is 4.86. The van der Waals surface area contributed by atoms with Gasteiger partial charge < -0.3 is 15.2 Å². The first kappa shape index (κ1) is 11.1. The molecule has 88 valence electrons. The maximum atomic E-state index is 11.5. The Kier molecular flexibility index (Phi) is 3.34. The Bertz CT molecular complexity index is 495.